The second-order valence-electron chi connectivity index (χ2n) is 8.42. The number of halogens is 2. The van der Waals surface area contributed by atoms with Crippen molar-refractivity contribution < 1.29 is 28.2 Å². The highest BCUT2D eigenvalue weighted by molar-refractivity contribution is 6.31. The van der Waals surface area contributed by atoms with E-state index in [2.05, 4.69) is 19.9 Å². The van der Waals surface area contributed by atoms with Gasteiger partial charge in [0.1, 0.15) is 11.6 Å². The lowest BCUT2D eigenvalue weighted by Gasteiger charge is -2.23. The zero-order valence-electron chi connectivity index (χ0n) is 20.5. The number of rotatable bonds is 7. The number of hydrogen-bond acceptors (Lipinski definition) is 8. The Hall–Kier alpha value is -3.96. The average molecular weight is 530 g/mol. The Bertz CT molecular complexity index is 1340. The van der Waals surface area contributed by atoms with Crippen molar-refractivity contribution in [2.45, 2.75) is 13.1 Å². The molecule has 0 atom stereocenters. The third-order valence-electron chi connectivity index (χ3n) is 5.95. The maximum Gasteiger partial charge on any atom is 0.319 e. The van der Waals surface area contributed by atoms with E-state index < -0.39 is 23.7 Å². The summed E-state index contributed by atoms with van der Waals surface area (Å²) in [4.78, 5) is 40.0. The second kappa shape index (κ2) is 11.0. The van der Waals surface area contributed by atoms with E-state index in [1.807, 2.05) is 0 Å². The predicted molar refractivity (Wildman–Crippen MR) is 134 cm³/mol. The molecule has 37 heavy (non-hydrogen) atoms. The molecule has 0 bridgehead atoms. The lowest BCUT2D eigenvalue weighted by molar-refractivity contribution is -0.145. The zero-order valence-corrected chi connectivity index (χ0v) is 21.2. The van der Waals surface area contributed by atoms with Crippen LogP contribution in [0.1, 0.15) is 21.5 Å². The summed E-state index contributed by atoms with van der Waals surface area (Å²) in [6, 6.07) is 9.22. The Kier molecular flexibility index (Phi) is 7.74. The normalized spacial score (nSPS) is 12.3. The average Bonchev–Trinajstić information content (AvgIpc) is 3.12. The Labute approximate surface area is 217 Å². The molecule has 1 aromatic heterocycles. The Morgan fingerprint density at radius 2 is 1.81 bits per heavy atom. The van der Waals surface area contributed by atoms with Crippen LogP contribution >= 0.6 is 11.6 Å². The maximum atomic E-state index is 15.2. The molecule has 0 aliphatic carbocycles. The number of aromatic nitrogens is 2. The molecule has 3 aromatic rings. The van der Waals surface area contributed by atoms with Crippen LogP contribution in [0.3, 0.4) is 0 Å². The van der Waals surface area contributed by atoms with Crippen molar-refractivity contribution >= 4 is 46.6 Å². The Balaban J connectivity index is 1.62. The van der Waals surface area contributed by atoms with Gasteiger partial charge in [0.05, 0.1) is 51.4 Å². The first-order chi connectivity index (χ1) is 17.7. The summed E-state index contributed by atoms with van der Waals surface area (Å²) < 4.78 is 26.2. The lowest BCUT2D eigenvalue weighted by Crippen LogP contribution is -2.35. The van der Waals surface area contributed by atoms with Crippen LogP contribution in [0, 0.1) is 5.82 Å². The molecule has 0 fully saturated rings. The fourth-order valence-electron chi connectivity index (χ4n) is 4.04. The summed E-state index contributed by atoms with van der Waals surface area (Å²) in [5, 5.41) is 8.03. The van der Waals surface area contributed by atoms with Crippen molar-refractivity contribution in [3.63, 3.8) is 0 Å². The fraction of sp³-hybridized carbons (Fsp3) is 0.280. The number of hydrogen-bond donors (Lipinski definition) is 1. The minimum absolute atomic E-state index is 0.0709. The highest BCUT2D eigenvalue weighted by Gasteiger charge is 2.28. The minimum atomic E-state index is -0.656. The van der Waals surface area contributed by atoms with E-state index in [-0.39, 0.29) is 37.3 Å². The number of methoxy groups -OCH3 is 2. The number of carbonyl (C=O) groups excluding carboxylic acids is 3. The standard InChI is InChI=1S/C25H25ClFN5O5/c1-30-24-17(10-28-30)12-32(21-7-6-18(26)9-20(21)29-24)25(35)15-4-5-16(19(27)8-15)11-31(13-22(33)36-2)14-23(34)37-3/h4-10,29H,11-14H2,1-3H3. The summed E-state index contributed by atoms with van der Waals surface area (Å²) >= 11 is 6.20. The number of nitrogens with zero attached hydrogens (tertiary/aromatic N) is 4. The number of aryl methyl sites for hydroxylation is 1. The predicted octanol–water partition coefficient (Wildman–Crippen LogP) is 3.26. The molecule has 4 rings (SSSR count). The van der Waals surface area contributed by atoms with Crippen LogP contribution in [-0.2, 0) is 39.2 Å². The molecule has 0 saturated carbocycles. The van der Waals surface area contributed by atoms with Gasteiger partial charge in [0, 0.05) is 35.3 Å². The van der Waals surface area contributed by atoms with Gasteiger partial charge in [0.25, 0.3) is 5.91 Å². The van der Waals surface area contributed by atoms with Crippen molar-refractivity contribution in [1.82, 2.24) is 14.7 Å². The molecule has 0 radical (unpaired) electrons. The number of amides is 1. The lowest BCUT2D eigenvalue weighted by atomic mass is 10.1. The van der Waals surface area contributed by atoms with E-state index in [0.29, 0.717) is 16.4 Å². The number of benzene rings is 2. The van der Waals surface area contributed by atoms with E-state index >= 15 is 4.39 Å². The zero-order chi connectivity index (χ0) is 26.7. The molecule has 1 aliphatic rings. The molecule has 12 heteroatoms. The van der Waals surface area contributed by atoms with Gasteiger partial charge in [0.2, 0.25) is 0 Å². The van der Waals surface area contributed by atoms with E-state index in [9.17, 15) is 14.4 Å². The van der Waals surface area contributed by atoms with Gasteiger partial charge >= 0.3 is 11.9 Å². The molecule has 0 unspecified atom stereocenters. The summed E-state index contributed by atoms with van der Waals surface area (Å²) in [6.45, 7) is -0.337. The van der Waals surface area contributed by atoms with Crippen LogP contribution in [0.15, 0.2) is 42.6 Å². The van der Waals surface area contributed by atoms with Gasteiger partial charge in [-0.2, -0.15) is 5.10 Å². The van der Waals surface area contributed by atoms with E-state index in [0.717, 1.165) is 17.4 Å². The summed E-state index contributed by atoms with van der Waals surface area (Å²) in [6.07, 6.45) is 1.66. The third-order valence-corrected chi connectivity index (χ3v) is 6.18. The summed E-state index contributed by atoms with van der Waals surface area (Å²) in [7, 11) is 4.22. The molecule has 1 amide bonds. The van der Waals surface area contributed by atoms with E-state index in [1.54, 1.807) is 36.1 Å². The van der Waals surface area contributed by atoms with Gasteiger partial charge in [-0.25, -0.2) is 4.39 Å². The molecule has 0 spiro atoms. The highest BCUT2D eigenvalue weighted by atomic mass is 35.5. The van der Waals surface area contributed by atoms with E-state index in [1.165, 1.54) is 36.2 Å². The number of carbonyl (C=O) groups is 3. The van der Waals surface area contributed by atoms with Gasteiger partial charge in [-0.3, -0.25) is 24.0 Å². The van der Waals surface area contributed by atoms with Gasteiger partial charge < -0.3 is 19.7 Å². The second-order valence-corrected chi connectivity index (χ2v) is 8.86. The molecular formula is C25H25ClFN5O5. The van der Waals surface area contributed by atoms with Crippen molar-refractivity contribution in [3.8, 4) is 0 Å². The molecule has 0 saturated heterocycles. The molecule has 1 N–H and O–H groups in total. The Morgan fingerprint density at radius 3 is 2.46 bits per heavy atom. The SMILES string of the molecule is COC(=O)CN(CC(=O)OC)Cc1ccc(C(=O)N2Cc3cnn(C)c3Nc3cc(Cl)ccc32)cc1F. The number of esters is 2. The quantitative estimate of drug-likeness (QED) is 0.465. The van der Waals surface area contributed by atoms with Crippen LogP contribution in [-0.4, -0.2) is 59.8 Å². The minimum Gasteiger partial charge on any atom is -0.468 e. The number of fused-ring (bicyclic) bond motifs is 2. The molecule has 2 aromatic carbocycles. The highest BCUT2D eigenvalue weighted by Crippen LogP contribution is 2.38. The maximum absolute atomic E-state index is 15.2. The largest absolute Gasteiger partial charge is 0.468 e. The smallest absolute Gasteiger partial charge is 0.319 e. The summed E-state index contributed by atoms with van der Waals surface area (Å²) in [5.74, 6) is -1.53. The number of ether oxygens (including phenoxy) is 2. The van der Waals surface area contributed by atoms with Crippen LogP contribution in [0.5, 0.6) is 0 Å². The fourth-order valence-corrected chi connectivity index (χ4v) is 4.21. The Morgan fingerprint density at radius 1 is 1.11 bits per heavy atom. The number of nitrogens with one attached hydrogen (secondary N) is 1. The van der Waals surface area contributed by atoms with Crippen molar-refractivity contribution in [3.05, 3.63) is 70.1 Å². The van der Waals surface area contributed by atoms with Crippen molar-refractivity contribution in [2.75, 3.05) is 37.5 Å². The summed E-state index contributed by atoms with van der Waals surface area (Å²) in [5.41, 5.74) is 2.30. The topological polar surface area (TPSA) is 106 Å². The van der Waals surface area contributed by atoms with Crippen molar-refractivity contribution in [1.29, 1.82) is 0 Å². The van der Waals surface area contributed by atoms with Gasteiger partial charge in [-0.15, -0.1) is 0 Å². The van der Waals surface area contributed by atoms with Gasteiger partial charge in [-0.05, 0) is 30.3 Å². The van der Waals surface area contributed by atoms with Crippen LogP contribution in [0.4, 0.5) is 21.6 Å². The molecule has 10 nitrogen and oxygen atoms in total. The van der Waals surface area contributed by atoms with Crippen LogP contribution in [0.2, 0.25) is 5.02 Å². The first kappa shape index (κ1) is 26.1. The van der Waals surface area contributed by atoms with E-state index in [4.69, 9.17) is 11.6 Å². The molecular weight excluding hydrogens is 505 g/mol. The monoisotopic (exact) mass is 529 g/mol. The molecule has 2 heterocycles. The van der Waals surface area contributed by atoms with Crippen LogP contribution in [0.25, 0.3) is 0 Å². The van der Waals surface area contributed by atoms with Gasteiger partial charge in [0.15, 0.2) is 0 Å². The van der Waals surface area contributed by atoms with Crippen molar-refractivity contribution in [2.24, 2.45) is 7.05 Å². The molecule has 1 aliphatic heterocycles. The molecule has 194 valence electrons. The third kappa shape index (κ3) is 5.73. The van der Waals surface area contributed by atoms with Crippen LogP contribution < -0.4 is 10.2 Å². The van der Waals surface area contributed by atoms with Gasteiger partial charge in [-0.1, -0.05) is 17.7 Å². The number of anilines is 3. The first-order valence-corrected chi connectivity index (χ1v) is 11.6. The first-order valence-electron chi connectivity index (χ1n) is 11.2.